The van der Waals surface area contributed by atoms with Gasteiger partial charge in [-0.3, -0.25) is 4.68 Å². The van der Waals surface area contributed by atoms with E-state index < -0.39 is 10.0 Å². The molecule has 3 rings (SSSR count). The monoisotopic (exact) mass is 385 g/mol. The van der Waals surface area contributed by atoms with Crippen molar-refractivity contribution in [3.05, 3.63) is 23.7 Å². The molecule has 1 fully saturated rings. The summed E-state index contributed by atoms with van der Waals surface area (Å²) >= 11 is 1.44. The van der Waals surface area contributed by atoms with Crippen LogP contribution in [0.1, 0.15) is 31.7 Å². The lowest BCUT2D eigenvalue weighted by Gasteiger charge is -2.19. The Bertz CT molecular complexity index is 774. The van der Waals surface area contributed by atoms with Crippen LogP contribution in [0.15, 0.2) is 28.6 Å². The fourth-order valence-electron chi connectivity index (χ4n) is 3.22. The second-order valence-corrected chi connectivity index (χ2v) is 8.94. The van der Waals surface area contributed by atoms with Crippen LogP contribution in [-0.4, -0.2) is 59.0 Å². The Kier molecular flexibility index (Phi) is 5.90. The first kappa shape index (κ1) is 18.5. The van der Waals surface area contributed by atoms with Crippen LogP contribution in [0.2, 0.25) is 0 Å². The molecule has 2 N–H and O–H groups in total. The highest BCUT2D eigenvalue weighted by Crippen LogP contribution is 2.35. The van der Waals surface area contributed by atoms with Gasteiger partial charge in [0.25, 0.3) is 0 Å². The average molecular weight is 386 g/mol. The Morgan fingerprint density at radius 2 is 1.92 bits per heavy atom. The van der Waals surface area contributed by atoms with Gasteiger partial charge >= 0.3 is 0 Å². The number of nitrogens with zero attached hydrogens (tertiary/aromatic N) is 3. The van der Waals surface area contributed by atoms with Crippen molar-refractivity contribution >= 4 is 21.4 Å². The summed E-state index contributed by atoms with van der Waals surface area (Å²) in [6.07, 6.45) is 5.87. The van der Waals surface area contributed by atoms with Gasteiger partial charge in [-0.25, -0.2) is 8.42 Å². The lowest BCUT2D eigenvalue weighted by molar-refractivity contribution is 0.217. The van der Waals surface area contributed by atoms with E-state index in [4.69, 9.17) is 0 Å². The topological polar surface area (TPSA) is 95.7 Å². The number of sulfonamides is 1. The fraction of sp³-hybridized carbons (Fsp3) is 0.562. The van der Waals surface area contributed by atoms with E-state index in [0.717, 1.165) is 34.9 Å². The fourth-order valence-corrected chi connectivity index (χ4v) is 5.56. The molecule has 1 saturated carbocycles. The molecule has 0 aliphatic heterocycles. The normalized spacial score (nSPS) is 16.1. The van der Waals surface area contributed by atoms with Crippen LogP contribution >= 0.6 is 11.3 Å². The third kappa shape index (κ3) is 3.80. The first-order valence-corrected chi connectivity index (χ1v) is 10.7. The molecular formula is C16H23N3O4S2. The maximum absolute atomic E-state index is 13.1. The van der Waals surface area contributed by atoms with Gasteiger partial charge in [0.1, 0.15) is 10.6 Å². The third-order valence-corrected chi connectivity index (χ3v) is 7.24. The van der Waals surface area contributed by atoms with Crippen molar-refractivity contribution in [2.24, 2.45) is 0 Å². The van der Waals surface area contributed by atoms with Gasteiger partial charge in [0.15, 0.2) is 0 Å². The maximum Gasteiger partial charge on any atom is 0.247 e. The summed E-state index contributed by atoms with van der Waals surface area (Å²) in [6, 6.07) is 3.95. The summed E-state index contributed by atoms with van der Waals surface area (Å²) in [5, 5.41) is 24.9. The summed E-state index contributed by atoms with van der Waals surface area (Å²) in [7, 11) is -3.85. The number of thiophene rings is 1. The average Bonchev–Trinajstić information content (AvgIpc) is 3.33. The maximum atomic E-state index is 13.1. The van der Waals surface area contributed by atoms with Gasteiger partial charge < -0.3 is 10.2 Å². The van der Waals surface area contributed by atoms with E-state index in [0.29, 0.717) is 5.69 Å². The van der Waals surface area contributed by atoms with E-state index in [9.17, 15) is 18.6 Å². The molecule has 9 heteroatoms. The molecule has 2 aromatic heterocycles. The minimum Gasteiger partial charge on any atom is -0.395 e. The first-order valence-electron chi connectivity index (χ1n) is 8.43. The Labute approximate surface area is 151 Å². The van der Waals surface area contributed by atoms with Crippen LogP contribution in [0.25, 0.3) is 10.6 Å². The zero-order valence-electron chi connectivity index (χ0n) is 13.9. The number of hydrogen-bond donors (Lipinski definition) is 2. The first-order chi connectivity index (χ1) is 12.1. The zero-order valence-corrected chi connectivity index (χ0v) is 15.5. The lowest BCUT2D eigenvalue weighted by Crippen LogP contribution is -2.36. The van der Waals surface area contributed by atoms with E-state index in [1.807, 2.05) is 17.5 Å². The number of aliphatic hydroxyl groups is 2. The Balaban J connectivity index is 2.06. The van der Waals surface area contributed by atoms with E-state index in [-0.39, 0.29) is 37.2 Å². The van der Waals surface area contributed by atoms with Crippen molar-refractivity contribution in [3.8, 4) is 10.6 Å². The van der Waals surface area contributed by atoms with Crippen molar-refractivity contribution in [2.75, 3.05) is 26.3 Å². The third-order valence-electron chi connectivity index (χ3n) is 4.47. The van der Waals surface area contributed by atoms with Gasteiger partial charge in [0.05, 0.1) is 24.1 Å². The second-order valence-electron chi connectivity index (χ2n) is 6.09. The van der Waals surface area contributed by atoms with Gasteiger partial charge in [0, 0.05) is 19.3 Å². The molecule has 1 aliphatic rings. The van der Waals surface area contributed by atoms with Gasteiger partial charge in [-0.05, 0) is 24.3 Å². The van der Waals surface area contributed by atoms with Crippen LogP contribution < -0.4 is 0 Å². The quantitative estimate of drug-likeness (QED) is 0.721. The standard InChI is InChI=1S/C16H23N3O4S2/c20-9-7-18(8-10-21)25(22,23)15-12-19(13-4-1-2-5-13)17-16(15)14-6-3-11-24-14/h3,6,11-13,20-21H,1-2,4-5,7-10H2. The summed E-state index contributed by atoms with van der Waals surface area (Å²) in [4.78, 5) is 0.937. The van der Waals surface area contributed by atoms with Crippen molar-refractivity contribution in [2.45, 2.75) is 36.6 Å². The predicted octanol–water partition coefficient (Wildman–Crippen LogP) is 1.70. The molecule has 2 aromatic rings. The summed E-state index contributed by atoms with van der Waals surface area (Å²) in [5.41, 5.74) is 0.447. The highest BCUT2D eigenvalue weighted by molar-refractivity contribution is 7.89. The lowest BCUT2D eigenvalue weighted by atomic mass is 10.3. The van der Waals surface area contributed by atoms with E-state index >= 15 is 0 Å². The van der Waals surface area contributed by atoms with Crippen molar-refractivity contribution in [1.29, 1.82) is 0 Å². The molecule has 25 heavy (non-hydrogen) atoms. The molecule has 138 valence electrons. The van der Waals surface area contributed by atoms with Crippen molar-refractivity contribution in [1.82, 2.24) is 14.1 Å². The van der Waals surface area contributed by atoms with E-state index in [1.54, 1.807) is 10.9 Å². The van der Waals surface area contributed by atoms with Crippen LogP contribution in [0.3, 0.4) is 0 Å². The minimum atomic E-state index is -3.85. The van der Waals surface area contributed by atoms with Crippen LogP contribution in [0.5, 0.6) is 0 Å². The molecular weight excluding hydrogens is 362 g/mol. The molecule has 0 atom stereocenters. The highest BCUT2D eigenvalue weighted by Gasteiger charge is 2.31. The smallest absolute Gasteiger partial charge is 0.247 e. The van der Waals surface area contributed by atoms with Crippen LogP contribution in [0.4, 0.5) is 0 Å². The largest absolute Gasteiger partial charge is 0.395 e. The minimum absolute atomic E-state index is 0.0542. The van der Waals surface area contributed by atoms with Gasteiger partial charge in [0.2, 0.25) is 10.0 Å². The molecule has 1 aliphatic carbocycles. The summed E-state index contributed by atoms with van der Waals surface area (Å²) < 4.78 is 29.1. The second kappa shape index (κ2) is 7.96. The zero-order chi connectivity index (χ0) is 17.9. The Morgan fingerprint density at radius 1 is 1.24 bits per heavy atom. The molecule has 0 amide bonds. The number of hydrogen-bond acceptors (Lipinski definition) is 6. The van der Waals surface area contributed by atoms with E-state index in [1.165, 1.54) is 11.3 Å². The predicted molar refractivity (Wildman–Crippen MR) is 96.0 cm³/mol. The van der Waals surface area contributed by atoms with Crippen molar-refractivity contribution in [3.63, 3.8) is 0 Å². The molecule has 0 saturated heterocycles. The molecule has 2 heterocycles. The SMILES string of the molecule is O=S(=O)(c1cn(C2CCCC2)nc1-c1cccs1)N(CCO)CCO. The Morgan fingerprint density at radius 3 is 2.48 bits per heavy atom. The van der Waals surface area contributed by atoms with E-state index in [2.05, 4.69) is 5.10 Å². The number of rotatable bonds is 8. The molecule has 7 nitrogen and oxygen atoms in total. The van der Waals surface area contributed by atoms with Crippen LogP contribution in [0, 0.1) is 0 Å². The van der Waals surface area contributed by atoms with Crippen LogP contribution in [-0.2, 0) is 10.0 Å². The molecule has 0 unspecified atom stereocenters. The number of aliphatic hydroxyl groups excluding tert-OH is 2. The summed E-state index contributed by atoms with van der Waals surface area (Å²) in [5.74, 6) is 0. The van der Waals surface area contributed by atoms with Gasteiger partial charge in [-0.15, -0.1) is 11.3 Å². The molecule has 0 radical (unpaired) electrons. The van der Waals surface area contributed by atoms with Gasteiger partial charge in [-0.2, -0.15) is 9.40 Å². The molecule has 0 aromatic carbocycles. The highest BCUT2D eigenvalue weighted by atomic mass is 32.2. The molecule has 0 spiro atoms. The summed E-state index contributed by atoms with van der Waals surface area (Å²) in [6.45, 7) is -0.711. The molecule has 0 bridgehead atoms. The van der Waals surface area contributed by atoms with Crippen molar-refractivity contribution < 1.29 is 18.6 Å². The number of aromatic nitrogens is 2. The van der Waals surface area contributed by atoms with Gasteiger partial charge in [-0.1, -0.05) is 18.9 Å². The Hall–Kier alpha value is -1.26.